The second-order valence-electron chi connectivity index (χ2n) is 5.05. The van der Waals surface area contributed by atoms with Gasteiger partial charge in [0.2, 0.25) is 0 Å². The van der Waals surface area contributed by atoms with Crippen LogP contribution in [0, 0.1) is 10.7 Å². The van der Waals surface area contributed by atoms with E-state index in [-0.39, 0.29) is 0 Å². The molecule has 0 fully saturated rings. The van der Waals surface area contributed by atoms with Gasteiger partial charge in [0.25, 0.3) is 0 Å². The van der Waals surface area contributed by atoms with Gasteiger partial charge in [0.15, 0.2) is 4.77 Å². The van der Waals surface area contributed by atoms with Crippen LogP contribution in [0.2, 0.25) is 0 Å². The van der Waals surface area contributed by atoms with Crippen molar-refractivity contribution in [2.45, 2.75) is 65.8 Å². The van der Waals surface area contributed by atoms with E-state index < -0.39 is 0 Å². The van der Waals surface area contributed by atoms with E-state index in [9.17, 15) is 0 Å². The lowest BCUT2D eigenvalue weighted by atomic mass is 10.0. The number of unbranched alkanes of at least 4 members (excludes halogenated alkanes) is 3. The molecular formula is C13H25N3S. The molecule has 17 heavy (non-hydrogen) atoms. The zero-order chi connectivity index (χ0) is 12.7. The maximum absolute atomic E-state index is 5.22. The third kappa shape index (κ3) is 5.02. The standard InChI is InChI=1S/C13H25N3S/c1-4-12-14-15-13(17)16(12)10-8-6-5-7-9-11(2)3/h11H,4-10H2,1-3H3,(H,15,17). The van der Waals surface area contributed by atoms with Gasteiger partial charge in [-0.15, -0.1) is 0 Å². The Balaban J connectivity index is 2.22. The second-order valence-corrected chi connectivity index (χ2v) is 5.43. The number of aromatic nitrogens is 3. The lowest BCUT2D eigenvalue weighted by Gasteiger charge is -2.06. The van der Waals surface area contributed by atoms with E-state index in [2.05, 4.69) is 35.5 Å². The van der Waals surface area contributed by atoms with Gasteiger partial charge >= 0.3 is 0 Å². The summed E-state index contributed by atoms with van der Waals surface area (Å²) in [5.74, 6) is 1.92. The molecule has 0 aliphatic heterocycles. The predicted molar refractivity (Wildman–Crippen MR) is 74.7 cm³/mol. The van der Waals surface area contributed by atoms with Crippen molar-refractivity contribution in [3.63, 3.8) is 0 Å². The highest BCUT2D eigenvalue weighted by Crippen LogP contribution is 2.10. The summed E-state index contributed by atoms with van der Waals surface area (Å²) in [4.78, 5) is 0. The lowest BCUT2D eigenvalue weighted by Crippen LogP contribution is -2.03. The summed E-state index contributed by atoms with van der Waals surface area (Å²) in [7, 11) is 0. The summed E-state index contributed by atoms with van der Waals surface area (Å²) >= 11 is 5.22. The Morgan fingerprint density at radius 2 is 1.94 bits per heavy atom. The molecule has 1 aromatic heterocycles. The van der Waals surface area contributed by atoms with E-state index in [1.807, 2.05) is 0 Å². The molecule has 1 heterocycles. The maximum Gasteiger partial charge on any atom is 0.195 e. The van der Waals surface area contributed by atoms with E-state index in [0.717, 1.165) is 29.5 Å². The van der Waals surface area contributed by atoms with Crippen molar-refractivity contribution >= 4 is 12.2 Å². The Morgan fingerprint density at radius 1 is 1.24 bits per heavy atom. The first kappa shape index (κ1) is 14.4. The Hall–Kier alpha value is -0.640. The molecule has 0 spiro atoms. The van der Waals surface area contributed by atoms with Crippen LogP contribution in [0.3, 0.4) is 0 Å². The van der Waals surface area contributed by atoms with Crippen molar-refractivity contribution in [3.05, 3.63) is 10.6 Å². The van der Waals surface area contributed by atoms with Gasteiger partial charge in [0, 0.05) is 13.0 Å². The maximum atomic E-state index is 5.22. The Bertz CT molecular complexity index is 365. The number of hydrogen-bond acceptors (Lipinski definition) is 2. The van der Waals surface area contributed by atoms with Crippen molar-refractivity contribution in [3.8, 4) is 0 Å². The van der Waals surface area contributed by atoms with Crippen LogP contribution in [-0.2, 0) is 13.0 Å². The first-order valence-corrected chi connectivity index (χ1v) is 7.20. The van der Waals surface area contributed by atoms with Crippen LogP contribution < -0.4 is 0 Å². The van der Waals surface area contributed by atoms with Gasteiger partial charge in [0.1, 0.15) is 5.82 Å². The van der Waals surface area contributed by atoms with Gasteiger partial charge in [-0.3, -0.25) is 5.10 Å². The van der Waals surface area contributed by atoms with Gasteiger partial charge in [0.05, 0.1) is 0 Å². The third-order valence-electron chi connectivity index (χ3n) is 3.07. The molecule has 1 N–H and O–H groups in total. The fourth-order valence-corrected chi connectivity index (χ4v) is 2.27. The summed E-state index contributed by atoms with van der Waals surface area (Å²) in [6.45, 7) is 7.71. The Labute approximate surface area is 110 Å². The van der Waals surface area contributed by atoms with Gasteiger partial charge < -0.3 is 4.57 Å². The SMILES string of the molecule is CCc1n[nH]c(=S)n1CCCCCCC(C)C. The molecule has 1 aromatic rings. The minimum absolute atomic E-state index is 0.768. The highest BCUT2D eigenvalue weighted by molar-refractivity contribution is 7.71. The number of H-pyrrole nitrogens is 1. The summed E-state index contributed by atoms with van der Waals surface area (Å²) in [5, 5.41) is 7.09. The van der Waals surface area contributed by atoms with Crippen LogP contribution in [0.5, 0.6) is 0 Å². The number of nitrogens with one attached hydrogen (secondary N) is 1. The van der Waals surface area contributed by atoms with Crippen LogP contribution in [0.4, 0.5) is 0 Å². The molecule has 0 saturated heterocycles. The average molecular weight is 255 g/mol. The van der Waals surface area contributed by atoms with Crippen LogP contribution >= 0.6 is 12.2 Å². The molecule has 0 aromatic carbocycles. The molecule has 0 amide bonds. The molecule has 0 radical (unpaired) electrons. The molecular weight excluding hydrogens is 230 g/mol. The van der Waals surface area contributed by atoms with Crippen molar-refractivity contribution in [2.75, 3.05) is 0 Å². The zero-order valence-electron chi connectivity index (χ0n) is 11.3. The number of aromatic amines is 1. The quantitative estimate of drug-likeness (QED) is 0.560. The zero-order valence-corrected chi connectivity index (χ0v) is 12.1. The van der Waals surface area contributed by atoms with Crippen molar-refractivity contribution < 1.29 is 0 Å². The summed E-state index contributed by atoms with van der Waals surface area (Å²) in [6.07, 6.45) is 7.49. The molecule has 0 aliphatic rings. The summed E-state index contributed by atoms with van der Waals surface area (Å²) in [5.41, 5.74) is 0. The minimum atomic E-state index is 0.768. The summed E-state index contributed by atoms with van der Waals surface area (Å²) < 4.78 is 2.90. The number of aryl methyl sites for hydroxylation is 1. The molecule has 0 bridgehead atoms. The normalized spacial score (nSPS) is 11.3. The number of nitrogens with zero attached hydrogens (tertiary/aromatic N) is 2. The van der Waals surface area contributed by atoms with Crippen molar-refractivity contribution in [1.29, 1.82) is 0 Å². The summed E-state index contributed by atoms with van der Waals surface area (Å²) in [6, 6.07) is 0. The van der Waals surface area contributed by atoms with Gasteiger partial charge in [-0.05, 0) is 24.6 Å². The molecule has 4 heteroatoms. The average Bonchev–Trinajstić information content (AvgIpc) is 2.64. The molecule has 3 nitrogen and oxygen atoms in total. The number of rotatable bonds is 8. The smallest absolute Gasteiger partial charge is 0.195 e. The van der Waals surface area contributed by atoms with Gasteiger partial charge in [-0.1, -0.05) is 46.5 Å². The fraction of sp³-hybridized carbons (Fsp3) is 0.846. The Morgan fingerprint density at radius 3 is 2.59 bits per heavy atom. The van der Waals surface area contributed by atoms with Crippen LogP contribution in [-0.4, -0.2) is 14.8 Å². The van der Waals surface area contributed by atoms with Gasteiger partial charge in [-0.2, -0.15) is 5.10 Å². The molecule has 0 unspecified atom stereocenters. The molecule has 0 atom stereocenters. The highest BCUT2D eigenvalue weighted by Gasteiger charge is 2.03. The topological polar surface area (TPSA) is 33.6 Å². The third-order valence-corrected chi connectivity index (χ3v) is 3.38. The predicted octanol–water partition coefficient (Wildman–Crippen LogP) is 4.11. The van der Waals surface area contributed by atoms with Crippen molar-refractivity contribution in [1.82, 2.24) is 14.8 Å². The second kappa shape index (κ2) is 7.64. The Kier molecular flexibility index (Phi) is 6.48. The monoisotopic (exact) mass is 255 g/mol. The molecule has 0 aliphatic carbocycles. The largest absolute Gasteiger partial charge is 0.304 e. The molecule has 0 saturated carbocycles. The van der Waals surface area contributed by atoms with Gasteiger partial charge in [-0.25, -0.2) is 0 Å². The first-order chi connectivity index (χ1) is 8.15. The molecule has 1 rings (SSSR count). The van der Waals surface area contributed by atoms with E-state index in [1.54, 1.807) is 0 Å². The van der Waals surface area contributed by atoms with E-state index in [1.165, 1.54) is 32.1 Å². The van der Waals surface area contributed by atoms with Crippen LogP contribution in [0.25, 0.3) is 0 Å². The fourth-order valence-electron chi connectivity index (χ4n) is 2.03. The molecule has 98 valence electrons. The van der Waals surface area contributed by atoms with Crippen LogP contribution in [0.1, 0.15) is 58.7 Å². The highest BCUT2D eigenvalue weighted by atomic mass is 32.1. The van der Waals surface area contributed by atoms with E-state index in [4.69, 9.17) is 12.2 Å². The van der Waals surface area contributed by atoms with Crippen LogP contribution in [0.15, 0.2) is 0 Å². The number of hydrogen-bond donors (Lipinski definition) is 1. The van der Waals surface area contributed by atoms with Crippen molar-refractivity contribution in [2.24, 2.45) is 5.92 Å². The van der Waals surface area contributed by atoms with E-state index >= 15 is 0 Å². The van der Waals surface area contributed by atoms with E-state index in [0.29, 0.717) is 0 Å². The lowest BCUT2D eigenvalue weighted by molar-refractivity contribution is 0.501. The first-order valence-electron chi connectivity index (χ1n) is 6.79. The minimum Gasteiger partial charge on any atom is -0.304 e.